The first-order chi connectivity index (χ1) is 8.70. The molecule has 0 aromatic heterocycles. The molecular weight excluding hydrogens is 220 g/mol. The van der Waals surface area contributed by atoms with Crippen LogP contribution in [0.15, 0.2) is 24.3 Å². The second-order valence-corrected chi connectivity index (χ2v) is 5.51. The van der Waals surface area contributed by atoms with Gasteiger partial charge in [-0.2, -0.15) is 5.26 Å². The molecule has 1 fully saturated rings. The summed E-state index contributed by atoms with van der Waals surface area (Å²) in [4.78, 5) is 0. The number of nitrogens with one attached hydrogen (secondary N) is 1. The first kappa shape index (κ1) is 13.1. The van der Waals surface area contributed by atoms with Gasteiger partial charge in [0.2, 0.25) is 0 Å². The minimum atomic E-state index is -0.171. The van der Waals surface area contributed by atoms with Crippen LogP contribution in [0.4, 0.5) is 0 Å². The standard InChI is InChI=1S/C16H22N2/c1-12-6-5-8-14(10-12)16(11-17)18-15-9-4-3-7-13(15)2/h5-6,8,10,13,15-16,18H,3-4,7,9H2,1-2H3. The van der Waals surface area contributed by atoms with E-state index in [1.807, 2.05) is 12.1 Å². The molecule has 0 spiro atoms. The second kappa shape index (κ2) is 6.02. The molecule has 1 aromatic rings. The molecule has 18 heavy (non-hydrogen) atoms. The summed E-state index contributed by atoms with van der Waals surface area (Å²) in [5.74, 6) is 0.680. The lowest BCUT2D eigenvalue weighted by Crippen LogP contribution is -2.39. The van der Waals surface area contributed by atoms with Crippen LogP contribution >= 0.6 is 0 Å². The van der Waals surface area contributed by atoms with Crippen LogP contribution in [-0.4, -0.2) is 6.04 Å². The molecule has 1 aliphatic carbocycles. The molecule has 0 saturated heterocycles. The van der Waals surface area contributed by atoms with Crippen LogP contribution in [0.1, 0.15) is 49.8 Å². The number of hydrogen-bond donors (Lipinski definition) is 1. The number of hydrogen-bond acceptors (Lipinski definition) is 2. The molecule has 96 valence electrons. The number of aryl methyl sites for hydroxylation is 1. The summed E-state index contributed by atoms with van der Waals surface area (Å²) in [5, 5.41) is 12.9. The van der Waals surface area contributed by atoms with E-state index in [9.17, 15) is 5.26 Å². The van der Waals surface area contributed by atoms with Crippen LogP contribution in [-0.2, 0) is 0 Å². The summed E-state index contributed by atoms with van der Waals surface area (Å²) in [5.41, 5.74) is 2.31. The minimum Gasteiger partial charge on any atom is -0.295 e. The van der Waals surface area contributed by atoms with Crippen molar-refractivity contribution in [2.24, 2.45) is 5.92 Å². The van der Waals surface area contributed by atoms with E-state index in [2.05, 4.69) is 37.4 Å². The van der Waals surface area contributed by atoms with Gasteiger partial charge in [-0.1, -0.05) is 49.6 Å². The van der Waals surface area contributed by atoms with Crippen molar-refractivity contribution in [2.45, 2.75) is 51.6 Å². The van der Waals surface area contributed by atoms with Crippen LogP contribution in [0.2, 0.25) is 0 Å². The highest BCUT2D eigenvalue weighted by atomic mass is 15.0. The highest BCUT2D eigenvalue weighted by Gasteiger charge is 2.24. The van der Waals surface area contributed by atoms with Gasteiger partial charge in [0.15, 0.2) is 0 Å². The van der Waals surface area contributed by atoms with Crippen molar-refractivity contribution in [3.05, 3.63) is 35.4 Å². The van der Waals surface area contributed by atoms with Crippen molar-refractivity contribution in [1.82, 2.24) is 5.32 Å². The molecule has 2 nitrogen and oxygen atoms in total. The van der Waals surface area contributed by atoms with E-state index in [4.69, 9.17) is 0 Å². The molecular formula is C16H22N2. The quantitative estimate of drug-likeness (QED) is 0.876. The number of nitriles is 1. The van der Waals surface area contributed by atoms with Crippen LogP contribution in [0.3, 0.4) is 0 Å². The molecule has 3 unspecified atom stereocenters. The van der Waals surface area contributed by atoms with Crippen molar-refractivity contribution in [2.75, 3.05) is 0 Å². The Kier molecular flexibility index (Phi) is 4.38. The number of benzene rings is 1. The Morgan fingerprint density at radius 1 is 1.33 bits per heavy atom. The SMILES string of the molecule is Cc1cccc(C(C#N)NC2CCCCC2C)c1. The molecule has 1 saturated carbocycles. The fraction of sp³-hybridized carbons (Fsp3) is 0.562. The third-order valence-corrected chi connectivity index (χ3v) is 4.00. The molecule has 0 amide bonds. The number of nitrogens with zero attached hydrogens (tertiary/aromatic N) is 1. The lowest BCUT2D eigenvalue weighted by atomic mass is 9.85. The third-order valence-electron chi connectivity index (χ3n) is 4.00. The first-order valence-corrected chi connectivity index (χ1v) is 6.93. The maximum Gasteiger partial charge on any atom is 0.121 e. The van der Waals surface area contributed by atoms with Gasteiger partial charge in [-0.3, -0.25) is 5.32 Å². The van der Waals surface area contributed by atoms with Gasteiger partial charge in [0.1, 0.15) is 6.04 Å². The highest BCUT2D eigenvalue weighted by Crippen LogP contribution is 2.26. The fourth-order valence-electron chi connectivity index (χ4n) is 2.84. The number of rotatable bonds is 3. The van der Waals surface area contributed by atoms with E-state index in [0.717, 1.165) is 5.56 Å². The Hall–Kier alpha value is -1.33. The van der Waals surface area contributed by atoms with Crippen molar-refractivity contribution in [3.8, 4) is 6.07 Å². The van der Waals surface area contributed by atoms with E-state index in [-0.39, 0.29) is 6.04 Å². The molecule has 1 N–H and O–H groups in total. The summed E-state index contributed by atoms with van der Waals surface area (Å²) in [6.45, 7) is 4.36. The molecule has 3 atom stereocenters. The van der Waals surface area contributed by atoms with Gasteiger partial charge >= 0.3 is 0 Å². The van der Waals surface area contributed by atoms with E-state index >= 15 is 0 Å². The zero-order valence-electron chi connectivity index (χ0n) is 11.3. The van der Waals surface area contributed by atoms with Gasteiger partial charge < -0.3 is 0 Å². The highest BCUT2D eigenvalue weighted by molar-refractivity contribution is 5.28. The summed E-state index contributed by atoms with van der Waals surface area (Å²) in [6.07, 6.45) is 5.10. The Bertz CT molecular complexity index is 433. The molecule has 2 heteroatoms. The van der Waals surface area contributed by atoms with Gasteiger partial charge in [-0.05, 0) is 31.2 Å². The Morgan fingerprint density at radius 3 is 2.78 bits per heavy atom. The third kappa shape index (κ3) is 3.11. The summed E-state index contributed by atoms with van der Waals surface area (Å²) in [6, 6.07) is 11.0. The van der Waals surface area contributed by atoms with Crippen molar-refractivity contribution >= 4 is 0 Å². The largest absolute Gasteiger partial charge is 0.295 e. The van der Waals surface area contributed by atoms with Crippen LogP contribution in [0, 0.1) is 24.2 Å². The maximum atomic E-state index is 9.37. The lowest BCUT2D eigenvalue weighted by molar-refractivity contribution is 0.271. The van der Waals surface area contributed by atoms with E-state index in [1.165, 1.54) is 31.2 Å². The molecule has 0 heterocycles. The molecule has 2 rings (SSSR count). The molecule has 1 aromatic carbocycles. The Labute approximate surface area is 110 Å². The van der Waals surface area contributed by atoms with Crippen molar-refractivity contribution in [3.63, 3.8) is 0 Å². The predicted molar refractivity (Wildman–Crippen MR) is 74.1 cm³/mol. The van der Waals surface area contributed by atoms with Gasteiger partial charge in [0.05, 0.1) is 6.07 Å². The van der Waals surface area contributed by atoms with E-state index < -0.39 is 0 Å². The van der Waals surface area contributed by atoms with Gasteiger partial charge in [0.25, 0.3) is 0 Å². The van der Waals surface area contributed by atoms with E-state index in [0.29, 0.717) is 12.0 Å². The zero-order chi connectivity index (χ0) is 13.0. The van der Waals surface area contributed by atoms with Crippen LogP contribution in [0.25, 0.3) is 0 Å². The van der Waals surface area contributed by atoms with E-state index in [1.54, 1.807) is 0 Å². The van der Waals surface area contributed by atoms with Crippen molar-refractivity contribution < 1.29 is 0 Å². The summed E-state index contributed by atoms with van der Waals surface area (Å²) < 4.78 is 0. The predicted octanol–water partition coefficient (Wildman–Crippen LogP) is 3.73. The second-order valence-electron chi connectivity index (χ2n) is 5.51. The Morgan fingerprint density at radius 2 is 2.11 bits per heavy atom. The van der Waals surface area contributed by atoms with Gasteiger partial charge in [-0.15, -0.1) is 0 Å². The van der Waals surface area contributed by atoms with Crippen LogP contribution in [0.5, 0.6) is 0 Å². The fourth-order valence-corrected chi connectivity index (χ4v) is 2.84. The normalized spacial score (nSPS) is 25.4. The summed E-state index contributed by atoms with van der Waals surface area (Å²) in [7, 11) is 0. The molecule has 0 bridgehead atoms. The summed E-state index contributed by atoms with van der Waals surface area (Å²) >= 11 is 0. The van der Waals surface area contributed by atoms with Gasteiger partial charge in [0, 0.05) is 6.04 Å². The molecule has 1 aliphatic rings. The maximum absolute atomic E-state index is 9.37. The van der Waals surface area contributed by atoms with Gasteiger partial charge in [-0.25, -0.2) is 0 Å². The van der Waals surface area contributed by atoms with Crippen LogP contribution < -0.4 is 5.32 Å². The first-order valence-electron chi connectivity index (χ1n) is 6.93. The molecule has 0 aliphatic heterocycles. The lowest BCUT2D eigenvalue weighted by Gasteiger charge is -2.31. The monoisotopic (exact) mass is 242 g/mol. The average molecular weight is 242 g/mol. The smallest absolute Gasteiger partial charge is 0.121 e. The zero-order valence-corrected chi connectivity index (χ0v) is 11.3. The molecule has 0 radical (unpaired) electrons. The van der Waals surface area contributed by atoms with Crippen molar-refractivity contribution in [1.29, 1.82) is 5.26 Å². The minimum absolute atomic E-state index is 0.171. The Balaban J connectivity index is 2.07. The average Bonchev–Trinajstić information content (AvgIpc) is 2.38. The topological polar surface area (TPSA) is 35.8 Å².